The summed E-state index contributed by atoms with van der Waals surface area (Å²) >= 11 is 0. The Labute approximate surface area is 117 Å². The molecule has 0 heterocycles. The SMILES string of the molecule is CCC(NCCOCCC(C)C)c1ccccc1O. The number of phenolic OH excluding ortho intramolecular Hbond substituents is 1. The molecule has 1 unspecified atom stereocenters. The lowest BCUT2D eigenvalue weighted by Gasteiger charge is -2.18. The van der Waals surface area contributed by atoms with Crippen molar-refractivity contribution in [1.82, 2.24) is 5.32 Å². The Kier molecular flexibility index (Phi) is 7.53. The molecule has 1 rings (SSSR count). The summed E-state index contributed by atoms with van der Waals surface area (Å²) < 4.78 is 5.58. The van der Waals surface area contributed by atoms with Gasteiger partial charge in [-0.05, 0) is 24.8 Å². The molecule has 0 radical (unpaired) electrons. The van der Waals surface area contributed by atoms with Crippen LogP contribution in [0.1, 0.15) is 45.2 Å². The highest BCUT2D eigenvalue weighted by atomic mass is 16.5. The molecular weight excluding hydrogens is 238 g/mol. The molecule has 0 amide bonds. The van der Waals surface area contributed by atoms with Crippen LogP contribution in [-0.2, 0) is 4.74 Å². The number of rotatable bonds is 9. The predicted octanol–water partition coefficient (Wildman–Crippen LogP) is 3.50. The van der Waals surface area contributed by atoms with Crippen LogP contribution in [0.4, 0.5) is 0 Å². The van der Waals surface area contributed by atoms with Crippen molar-refractivity contribution in [3.63, 3.8) is 0 Å². The first-order valence-electron chi connectivity index (χ1n) is 7.24. The number of hydrogen-bond donors (Lipinski definition) is 2. The number of benzene rings is 1. The smallest absolute Gasteiger partial charge is 0.120 e. The summed E-state index contributed by atoms with van der Waals surface area (Å²) in [4.78, 5) is 0. The second kappa shape index (κ2) is 8.94. The number of hydrogen-bond acceptors (Lipinski definition) is 3. The van der Waals surface area contributed by atoms with E-state index in [1.54, 1.807) is 6.07 Å². The summed E-state index contributed by atoms with van der Waals surface area (Å²) in [5.74, 6) is 1.06. The minimum Gasteiger partial charge on any atom is -0.508 e. The van der Waals surface area contributed by atoms with Crippen LogP contribution >= 0.6 is 0 Å². The second-order valence-electron chi connectivity index (χ2n) is 5.27. The molecule has 0 saturated heterocycles. The number of aromatic hydroxyl groups is 1. The lowest BCUT2D eigenvalue weighted by Crippen LogP contribution is -2.25. The van der Waals surface area contributed by atoms with E-state index in [1.165, 1.54) is 0 Å². The molecule has 0 aliphatic carbocycles. The van der Waals surface area contributed by atoms with Gasteiger partial charge >= 0.3 is 0 Å². The predicted molar refractivity (Wildman–Crippen MR) is 79.4 cm³/mol. The molecule has 0 fully saturated rings. The van der Waals surface area contributed by atoms with Gasteiger partial charge in [-0.15, -0.1) is 0 Å². The van der Waals surface area contributed by atoms with Gasteiger partial charge in [-0.25, -0.2) is 0 Å². The Morgan fingerprint density at radius 3 is 2.58 bits per heavy atom. The molecule has 3 nitrogen and oxygen atoms in total. The standard InChI is InChI=1S/C16H27NO2/c1-4-15(14-7-5-6-8-16(14)18)17-10-12-19-11-9-13(2)3/h5-8,13,15,17-18H,4,9-12H2,1-3H3. The number of ether oxygens (including phenoxy) is 1. The lowest BCUT2D eigenvalue weighted by atomic mass is 10.0. The van der Waals surface area contributed by atoms with Gasteiger partial charge in [0.2, 0.25) is 0 Å². The number of para-hydroxylation sites is 1. The Morgan fingerprint density at radius 2 is 1.95 bits per heavy atom. The van der Waals surface area contributed by atoms with Crippen molar-refractivity contribution < 1.29 is 9.84 Å². The Morgan fingerprint density at radius 1 is 1.21 bits per heavy atom. The van der Waals surface area contributed by atoms with E-state index >= 15 is 0 Å². The molecule has 3 heteroatoms. The second-order valence-corrected chi connectivity index (χ2v) is 5.27. The first kappa shape index (κ1) is 16.0. The van der Waals surface area contributed by atoms with Crippen molar-refractivity contribution in [3.8, 4) is 5.75 Å². The highest BCUT2D eigenvalue weighted by Gasteiger charge is 2.11. The summed E-state index contributed by atoms with van der Waals surface area (Å²) in [5.41, 5.74) is 0.965. The lowest BCUT2D eigenvalue weighted by molar-refractivity contribution is 0.123. The summed E-state index contributed by atoms with van der Waals surface area (Å²) in [5, 5.41) is 13.3. The van der Waals surface area contributed by atoms with Crippen molar-refractivity contribution in [2.75, 3.05) is 19.8 Å². The average Bonchev–Trinajstić information content (AvgIpc) is 2.39. The summed E-state index contributed by atoms with van der Waals surface area (Å²) in [6.07, 6.45) is 2.06. The molecule has 0 aliphatic rings. The third kappa shape index (κ3) is 6.08. The molecule has 0 spiro atoms. The Bertz CT molecular complexity index is 352. The first-order chi connectivity index (χ1) is 9.15. The fourth-order valence-electron chi connectivity index (χ4n) is 1.98. The van der Waals surface area contributed by atoms with E-state index in [0.717, 1.165) is 38.2 Å². The molecule has 0 aromatic heterocycles. The molecule has 1 atom stereocenters. The van der Waals surface area contributed by atoms with Gasteiger partial charge < -0.3 is 15.2 Å². The van der Waals surface area contributed by atoms with Gasteiger partial charge in [-0.3, -0.25) is 0 Å². The third-order valence-corrected chi connectivity index (χ3v) is 3.20. The van der Waals surface area contributed by atoms with Crippen molar-refractivity contribution >= 4 is 0 Å². The van der Waals surface area contributed by atoms with Gasteiger partial charge in [-0.2, -0.15) is 0 Å². The quantitative estimate of drug-likeness (QED) is 0.671. The van der Waals surface area contributed by atoms with Gasteiger partial charge in [0.15, 0.2) is 0 Å². The summed E-state index contributed by atoms with van der Waals surface area (Å²) in [6, 6.07) is 7.70. The number of nitrogens with one attached hydrogen (secondary N) is 1. The van der Waals surface area contributed by atoms with E-state index < -0.39 is 0 Å². The van der Waals surface area contributed by atoms with Gasteiger partial charge in [0, 0.05) is 24.8 Å². The fraction of sp³-hybridized carbons (Fsp3) is 0.625. The van der Waals surface area contributed by atoms with E-state index in [4.69, 9.17) is 4.74 Å². The normalized spacial score (nSPS) is 12.8. The summed E-state index contributed by atoms with van der Waals surface area (Å²) in [7, 11) is 0. The molecule has 0 aliphatic heterocycles. The zero-order chi connectivity index (χ0) is 14.1. The van der Waals surface area contributed by atoms with Gasteiger partial charge in [-0.1, -0.05) is 39.0 Å². The van der Waals surface area contributed by atoms with E-state index in [1.807, 2.05) is 18.2 Å². The molecule has 19 heavy (non-hydrogen) atoms. The molecule has 1 aromatic rings. The zero-order valence-corrected chi connectivity index (χ0v) is 12.4. The third-order valence-electron chi connectivity index (χ3n) is 3.20. The minimum atomic E-state index is 0.190. The maximum absolute atomic E-state index is 9.84. The largest absolute Gasteiger partial charge is 0.508 e. The van der Waals surface area contributed by atoms with E-state index in [-0.39, 0.29) is 6.04 Å². The van der Waals surface area contributed by atoms with Crippen molar-refractivity contribution in [2.24, 2.45) is 5.92 Å². The van der Waals surface area contributed by atoms with Gasteiger partial charge in [0.25, 0.3) is 0 Å². The van der Waals surface area contributed by atoms with Crippen LogP contribution in [0.5, 0.6) is 5.75 Å². The number of phenols is 1. The Balaban J connectivity index is 2.28. The van der Waals surface area contributed by atoms with E-state index in [9.17, 15) is 5.11 Å². The average molecular weight is 265 g/mol. The maximum atomic E-state index is 9.84. The van der Waals surface area contributed by atoms with Crippen molar-refractivity contribution in [1.29, 1.82) is 0 Å². The van der Waals surface area contributed by atoms with Gasteiger partial charge in [0.05, 0.1) is 6.61 Å². The Hall–Kier alpha value is -1.06. The molecular formula is C16H27NO2. The molecule has 0 saturated carbocycles. The topological polar surface area (TPSA) is 41.5 Å². The van der Waals surface area contributed by atoms with Crippen LogP contribution in [-0.4, -0.2) is 24.9 Å². The van der Waals surface area contributed by atoms with Crippen molar-refractivity contribution in [2.45, 2.75) is 39.7 Å². The van der Waals surface area contributed by atoms with E-state index in [2.05, 4.69) is 26.1 Å². The van der Waals surface area contributed by atoms with Gasteiger partial charge in [0.1, 0.15) is 5.75 Å². The molecule has 2 N–H and O–H groups in total. The van der Waals surface area contributed by atoms with Crippen LogP contribution in [0.3, 0.4) is 0 Å². The maximum Gasteiger partial charge on any atom is 0.120 e. The minimum absolute atomic E-state index is 0.190. The first-order valence-corrected chi connectivity index (χ1v) is 7.24. The van der Waals surface area contributed by atoms with Crippen LogP contribution in [0, 0.1) is 5.92 Å². The van der Waals surface area contributed by atoms with Crippen LogP contribution in [0.15, 0.2) is 24.3 Å². The van der Waals surface area contributed by atoms with Crippen LogP contribution in [0.2, 0.25) is 0 Å². The molecule has 108 valence electrons. The van der Waals surface area contributed by atoms with Crippen LogP contribution < -0.4 is 5.32 Å². The zero-order valence-electron chi connectivity index (χ0n) is 12.4. The highest BCUT2D eigenvalue weighted by Crippen LogP contribution is 2.25. The molecule has 1 aromatic carbocycles. The highest BCUT2D eigenvalue weighted by molar-refractivity contribution is 5.34. The fourth-order valence-corrected chi connectivity index (χ4v) is 1.98. The summed E-state index contributed by atoms with van der Waals surface area (Å²) in [6.45, 7) is 8.87. The van der Waals surface area contributed by atoms with Crippen LogP contribution in [0.25, 0.3) is 0 Å². The van der Waals surface area contributed by atoms with E-state index in [0.29, 0.717) is 11.7 Å². The van der Waals surface area contributed by atoms with Crippen molar-refractivity contribution in [3.05, 3.63) is 29.8 Å². The monoisotopic (exact) mass is 265 g/mol. The molecule has 0 bridgehead atoms.